The first kappa shape index (κ1) is 10.4. The van der Waals surface area contributed by atoms with Gasteiger partial charge in [0.25, 0.3) is 0 Å². The van der Waals surface area contributed by atoms with E-state index in [-0.39, 0.29) is 5.82 Å². The number of hydrogen-bond acceptors (Lipinski definition) is 2. The van der Waals surface area contributed by atoms with Crippen molar-refractivity contribution in [1.29, 1.82) is 0 Å². The fourth-order valence-corrected chi connectivity index (χ4v) is 1.84. The zero-order valence-electron chi connectivity index (χ0n) is 7.84. The monoisotopic (exact) mass is 269 g/mol. The second kappa shape index (κ2) is 4.16. The fourth-order valence-electron chi connectivity index (χ4n) is 1.42. The summed E-state index contributed by atoms with van der Waals surface area (Å²) < 4.78 is 19.2. The minimum Gasteiger partial charge on any atom is -0.463 e. The Morgan fingerprint density at radius 1 is 1.33 bits per heavy atom. The van der Waals surface area contributed by atoms with Crippen molar-refractivity contribution in [3.8, 4) is 11.3 Å². The van der Waals surface area contributed by atoms with Crippen LogP contribution in [-0.4, -0.2) is 0 Å². The van der Waals surface area contributed by atoms with Gasteiger partial charge in [-0.25, -0.2) is 4.39 Å². The lowest BCUT2D eigenvalue weighted by atomic mass is 10.1. The van der Waals surface area contributed by atoms with E-state index >= 15 is 0 Å². The van der Waals surface area contributed by atoms with Crippen molar-refractivity contribution in [3.05, 3.63) is 46.4 Å². The zero-order valence-corrected chi connectivity index (χ0v) is 9.42. The molecule has 0 radical (unpaired) electrons. The summed E-state index contributed by atoms with van der Waals surface area (Å²) >= 11 is 3.33. The molecule has 0 amide bonds. The summed E-state index contributed by atoms with van der Waals surface area (Å²) in [7, 11) is 0. The Labute approximate surface area is 95.0 Å². The predicted molar refractivity (Wildman–Crippen MR) is 59.7 cm³/mol. The molecule has 2 aromatic rings. The molecule has 0 atom stereocenters. The molecule has 1 aromatic heterocycles. The highest BCUT2D eigenvalue weighted by Crippen LogP contribution is 2.32. The van der Waals surface area contributed by atoms with Crippen molar-refractivity contribution in [2.75, 3.05) is 0 Å². The Hall–Kier alpha value is -1.13. The second-order valence-electron chi connectivity index (χ2n) is 3.10. The minimum absolute atomic E-state index is 0.300. The smallest absolute Gasteiger partial charge is 0.148 e. The average Bonchev–Trinajstić information content (AvgIpc) is 2.64. The molecule has 0 spiro atoms. The largest absolute Gasteiger partial charge is 0.463 e. The van der Waals surface area contributed by atoms with Crippen molar-refractivity contribution in [3.63, 3.8) is 0 Å². The number of furan rings is 1. The first-order valence-corrected chi connectivity index (χ1v) is 5.23. The Morgan fingerprint density at radius 3 is 2.73 bits per heavy atom. The topological polar surface area (TPSA) is 39.2 Å². The highest BCUT2D eigenvalue weighted by molar-refractivity contribution is 9.10. The van der Waals surface area contributed by atoms with Gasteiger partial charge in [-0.1, -0.05) is 6.07 Å². The van der Waals surface area contributed by atoms with E-state index in [2.05, 4.69) is 15.9 Å². The molecule has 2 N–H and O–H groups in total. The van der Waals surface area contributed by atoms with E-state index in [9.17, 15) is 4.39 Å². The van der Waals surface area contributed by atoms with Crippen molar-refractivity contribution < 1.29 is 8.81 Å². The molecule has 0 aliphatic rings. The molecule has 2 nitrogen and oxygen atoms in total. The van der Waals surface area contributed by atoms with E-state index in [0.717, 1.165) is 10.0 Å². The maximum absolute atomic E-state index is 13.1. The molecule has 0 unspecified atom stereocenters. The van der Waals surface area contributed by atoms with Crippen LogP contribution < -0.4 is 5.73 Å². The molecule has 0 fully saturated rings. The lowest BCUT2D eigenvalue weighted by molar-refractivity contribution is 0.578. The third kappa shape index (κ3) is 1.96. The molecular formula is C11H9BrFNO. The van der Waals surface area contributed by atoms with Gasteiger partial charge in [0, 0.05) is 12.1 Å². The average molecular weight is 270 g/mol. The van der Waals surface area contributed by atoms with Crippen LogP contribution in [-0.2, 0) is 6.54 Å². The standard InChI is InChI=1S/C11H9BrFNO/c12-10-3-4-15-11(10)9-5-8(13)2-1-7(9)6-14/h1-5H,6,14H2. The number of rotatable bonds is 2. The van der Waals surface area contributed by atoms with Crippen LogP contribution in [0.1, 0.15) is 5.56 Å². The van der Waals surface area contributed by atoms with Gasteiger partial charge in [0.1, 0.15) is 11.6 Å². The van der Waals surface area contributed by atoms with Crippen LogP contribution in [0.15, 0.2) is 39.4 Å². The quantitative estimate of drug-likeness (QED) is 0.909. The molecule has 0 aliphatic heterocycles. The van der Waals surface area contributed by atoms with Gasteiger partial charge in [-0.05, 0) is 39.7 Å². The highest BCUT2D eigenvalue weighted by atomic mass is 79.9. The molecule has 1 heterocycles. The van der Waals surface area contributed by atoms with Crippen LogP contribution in [0, 0.1) is 5.82 Å². The van der Waals surface area contributed by atoms with Crippen molar-refractivity contribution >= 4 is 15.9 Å². The SMILES string of the molecule is NCc1ccc(F)cc1-c1occc1Br. The Bertz CT molecular complexity index is 481. The number of benzene rings is 1. The predicted octanol–water partition coefficient (Wildman–Crippen LogP) is 3.31. The van der Waals surface area contributed by atoms with Crippen LogP contribution in [0.4, 0.5) is 4.39 Å². The Balaban J connectivity index is 2.60. The lowest BCUT2D eigenvalue weighted by Crippen LogP contribution is -1.99. The van der Waals surface area contributed by atoms with E-state index in [0.29, 0.717) is 17.9 Å². The molecule has 1 aromatic carbocycles. The molecule has 0 aliphatic carbocycles. The van der Waals surface area contributed by atoms with Gasteiger partial charge in [-0.3, -0.25) is 0 Å². The normalized spacial score (nSPS) is 10.6. The summed E-state index contributed by atoms with van der Waals surface area (Å²) in [5, 5.41) is 0. The van der Waals surface area contributed by atoms with Gasteiger partial charge in [0.2, 0.25) is 0 Å². The third-order valence-corrected chi connectivity index (χ3v) is 2.78. The summed E-state index contributed by atoms with van der Waals surface area (Å²) in [6, 6.07) is 6.24. The second-order valence-corrected chi connectivity index (χ2v) is 3.96. The third-order valence-electron chi connectivity index (χ3n) is 2.15. The molecule has 2 rings (SSSR count). The summed E-state index contributed by atoms with van der Waals surface area (Å²) in [4.78, 5) is 0. The van der Waals surface area contributed by atoms with Gasteiger partial charge in [0.05, 0.1) is 10.7 Å². The van der Waals surface area contributed by atoms with Gasteiger partial charge in [-0.2, -0.15) is 0 Å². The zero-order chi connectivity index (χ0) is 10.8. The minimum atomic E-state index is -0.300. The molecule has 0 saturated heterocycles. The van der Waals surface area contributed by atoms with Gasteiger partial charge >= 0.3 is 0 Å². The lowest BCUT2D eigenvalue weighted by Gasteiger charge is -2.05. The van der Waals surface area contributed by atoms with Gasteiger partial charge in [-0.15, -0.1) is 0 Å². The fraction of sp³-hybridized carbons (Fsp3) is 0.0909. The summed E-state index contributed by atoms with van der Waals surface area (Å²) in [5.41, 5.74) is 7.12. The van der Waals surface area contributed by atoms with Crippen LogP contribution in [0.3, 0.4) is 0 Å². The van der Waals surface area contributed by atoms with E-state index in [1.54, 1.807) is 18.4 Å². The van der Waals surface area contributed by atoms with Crippen LogP contribution in [0.5, 0.6) is 0 Å². The molecule has 78 valence electrons. The van der Waals surface area contributed by atoms with Crippen molar-refractivity contribution in [2.45, 2.75) is 6.54 Å². The molecule has 15 heavy (non-hydrogen) atoms. The molecule has 4 heteroatoms. The Morgan fingerprint density at radius 2 is 2.13 bits per heavy atom. The van der Waals surface area contributed by atoms with E-state index in [1.807, 2.05) is 0 Å². The van der Waals surface area contributed by atoms with Gasteiger partial charge in [0.15, 0.2) is 0 Å². The van der Waals surface area contributed by atoms with Crippen molar-refractivity contribution in [2.24, 2.45) is 5.73 Å². The van der Waals surface area contributed by atoms with Crippen LogP contribution >= 0.6 is 15.9 Å². The highest BCUT2D eigenvalue weighted by Gasteiger charge is 2.11. The van der Waals surface area contributed by atoms with Crippen LogP contribution in [0.25, 0.3) is 11.3 Å². The number of nitrogens with two attached hydrogens (primary N) is 1. The molecule has 0 bridgehead atoms. The summed E-state index contributed by atoms with van der Waals surface area (Å²) in [6.45, 7) is 0.350. The maximum Gasteiger partial charge on any atom is 0.148 e. The maximum atomic E-state index is 13.1. The molecular weight excluding hydrogens is 261 g/mol. The van der Waals surface area contributed by atoms with Crippen molar-refractivity contribution in [1.82, 2.24) is 0 Å². The summed E-state index contributed by atoms with van der Waals surface area (Å²) in [6.07, 6.45) is 1.55. The molecule has 0 saturated carbocycles. The van der Waals surface area contributed by atoms with E-state index < -0.39 is 0 Å². The first-order valence-electron chi connectivity index (χ1n) is 4.44. The van der Waals surface area contributed by atoms with E-state index in [1.165, 1.54) is 12.1 Å². The number of hydrogen-bond donors (Lipinski definition) is 1. The first-order chi connectivity index (χ1) is 7.22. The van der Waals surface area contributed by atoms with Gasteiger partial charge < -0.3 is 10.2 Å². The van der Waals surface area contributed by atoms with Crippen LogP contribution in [0.2, 0.25) is 0 Å². The van der Waals surface area contributed by atoms with E-state index in [4.69, 9.17) is 10.2 Å². The summed E-state index contributed by atoms with van der Waals surface area (Å²) in [5.74, 6) is 0.306. The Kier molecular flexibility index (Phi) is 2.88. The number of halogens is 2.